The summed E-state index contributed by atoms with van der Waals surface area (Å²) in [6.45, 7) is 0.669. The van der Waals surface area contributed by atoms with Crippen LogP contribution in [0.3, 0.4) is 0 Å². The van der Waals surface area contributed by atoms with Crippen LogP contribution in [0, 0.1) is 11.3 Å². The van der Waals surface area contributed by atoms with E-state index in [1.54, 1.807) is 0 Å². The van der Waals surface area contributed by atoms with E-state index in [2.05, 4.69) is 15.3 Å². The number of hydrogen-bond donors (Lipinski definition) is 2. The normalized spacial score (nSPS) is 20.2. The number of imidazole rings is 1. The van der Waals surface area contributed by atoms with E-state index >= 15 is 0 Å². The van der Waals surface area contributed by atoms with Gasteiger partial charge in [0.25, 0.3) is 0 Å². The third-order valence-corrected chi connectivity index (χ3v) is 5.24. The van der Waals surface area contributed by atoms with Gasteiger partial charge in [-0.25, -0.2) is 4.98 Å². The maximum absolute atomic E-state index is 12.1. The van der Waals surface area contributed by atoms with Crippen LogP contribution in [0.2, 0.25) is 0 Å². The fourth-order valence-electron chi connectivity index (χ4n) is 3.83. The number of aromatic nitrogens is 2. The van der Waals surface area contributed by atoms with Gasteiger partial charge in [-0.15, -0.1) is 0 Å². The second-order valence-corrected chi connectivity index (χ2v) is 6.70. The number of rotatable bonds is 4. The van der Waals surface area contributed by atoms with Crippen LogP contribution in [0.15, 0.2) is 24.3 Å². The summed E-state index contributed by atoms with van der Waals surface area (Å²) in [5.74, 6) is 1.45. The highest BCUT2D eigenvalue weighted by molar-refractivity contribution is 5.80. The average Bonchev–Trinajstić information content (AvgIpc) is 2.78. The van der Waals surface area contributed by atoms with E-state index in [9.17, 15) is 4.79 Å². The van der Waals surface area contributed by atoms with Crippen LogP contribution >= 0.6 is 0 Å². The Bertz CT molecular complexity index is 630. The molecule has 21 heavy (non-hydrogen) atoms. The van der Waals surface area contributed by atoms with Gasteiger partial charge in [-0.3, -0.25) is 4.79 Å². The number of aromatic amines is 1. The Morgan fingerprint density at radius 1 is 1.33 bits per heavy atom. The van der Waals surface area contributed by atoms with Crippen molar-refractivity contribution in [3.8, 4) is 0 Å². The molecular formula is C17H21N3O. The fraction of sp³-hybridized carbons (Fsp3) is 0.529. The van der Waals surface area contributed by atoms with Crippen molar-refractivity contribution >= 4 is 16.9 Å². The van der Waals surface area contributed by atoms with Gasteiger partial charge in [-0.05, 0) is 43.2 Å². The zero-order valence-electron chi connectivity index (χ0n) is 12.2. The minimum absolute atomic E-state index is 0.239. The molecule has 2 aliphatic carbocycles. The van der Waals surface area contributed by atoms with Gasteiger partial charge in [0, 0.05) is 18.9 Å². The van der Waals surface area contributed by atoms with Crippen molar-refractivity contribution in [1.29, 1.82) is 0 Å². The van der Waals surface area contributed by atoms with Gasteiger partial charge >= 0.3 is 0 Å². The largest absolute Gasteiger partial charge is 0.355 e. The highest BCUT2D eigenvalue weighted by atomic mass is 16.1. The summed E-state index contributed by atoms with van der Waals surface area (Å²) in [6.07, 6.45) is 7.04. The van der Waals surface area contributed by atoms with Crippen LogP contribution in [0.25, 0.3) is 11.0 Å². The number of nitrogens with one attached hydrogen (secondary N) is 2. The molecular weight excluding hydrogens is 262 g/mol. The summed E-state index contributed by atoms with van der Waals surface area (Å²) >= 11 is 0. The lowest BCUT2D eigenvalue weighted by Gasteiger charge is -2.53. The molecule has 1 aromatic carbocycles. The molecule has 2 aromatic rings. The highest BCUT2D eigenvalue weighted by Crippen LogP contribution is 2.58. The topological polar surface area (TPSA) is 57.8 Å². The van der Waals surface area contributed by atoms with Crippen molar-refractivity contribution < 1.29 is 4.79 Å². The van der Waals surface area contributed by atoms with Crippen molar-refractivity contribution in [1.82, 2.24) is 15.3 Å². The Kier molecular flexibility index (Phi) is 2.98. The molecule has 1 spiro atoms. The smallest absolute Gasteiger partial charge is 0.223 e. The molecule has 4 rings (SSSR count). The van der Waals surface area contributed by atoms with Crippen molar-refractivity contribution in [2.24, 2.45) is 11.3 Å². The lowest BCUT2D eigenvalue weighted by molar-refractivity contribution is -0.136. The van der Waals surface area contributed by atoms with Crippen molar-refractivity contribution in [2.45, 2.75) is 38.5 Å². The molecule has 2 saturated carbocycles. The molecule has 0 atom stereocenters. The quantitative estimate of drug-likeness (QED) is 0.906. The van der Waals surface area contributed by atoms with Gasteiger partial charge in [0.1, 0.15) is 5.82 Å². The molecule has 4 heteroatoms. The summed E-state index contributed by atoms with van der Waals surface area (Å²) in [5.41, 5.74) is 2.62. The predicted octanol–water partition coefficient (Wildman–Crippen LogP) is 2.80. The van der Waals surface area contributed by atoms with Crippen LogP contribution < -0.4 is 5.32 Å². The Morgan fingerprint density at radius 3 is 2.86 bits per heavy atom. The number of amides is 1. The molecule has 0 bridgehead atoms. The molecule has 0 radical (unpaired) electrons. The molecule has 2 aliphatic rings. The first-order chi connectivity index (χ1) is 10.2. The van der Waals surface area contributed by atoms with Crippen LogP contribution in [-0.4, -0.2) is 22.4 Å². The third kappa shape index (κ3) is 2.33. The van der Waals surface area contributed by atoms with Crippen molar-refractivity contribution in [3.05, 3.63) is 30.1 Å². The monoisotopic (exact) mass is 283 g/mol. The van der Waals surface area contributed by atoms with Crippen LogP contribution in [0.1, 0.15) is 37.9 Å². The Labute approximate surface area is 124 Å². The molecule has 1 amide bonds. The average molecular weight is 283 g/mol. The molecule has 0 saturated heterocycles. The van der Waals surface area contributed by atoms with E-state index in [0.29, 0.717) is 12.0 Å². The lowest BCUT2D eigenvalue weighted by Crippen LogP contribution is -2.49. The Morgan fingerprint density at radius 2 is 2.14 bits per heavy atom. The van der Waals surface area contributed by atoms with Gasteiger partial charge in [0.15, 0.2) is 0 Å². The molecule has 2 N–H and O–H groups in total. The standard InChI is InChI=1S/C17H21N3O/c21-16(12-10-17(11-12)7-3-8-17)18-9-6-15-19-13-4-1-2-5-14(13)20-15/h1-2,4-5,12H,3,6-11H2,(H,18,21)(H,19,20). The van der Waals surface area contributed by atoms with Gasteiger partial charge in [-0.2, -0.15) is 0 Å². The molecule has 0 unspecified atom stereocenters. The number of fused-ring (bicyclic) bond motifs is 1. The maximum Gasteiger partial charge on any atom is 0.223 e. The molecule has 4 nitrogen and oxygen atoms in total. The minimum Gasteiger partial charge on any atom is -0.355 e. The summed E-state index contributed by atoms with van der Waals surface area (Å²) in [7, 11) is 0. The zero-order chi connectivity index (χ0) is 14.3. The van der Waals surface area contributed by atoms with Crippen LogP contribution in [0.4, 0.5) is 0 Å². The summed E-state index contributed by atoms with van der Waals surface area (Å²) < 4.78 is 0. The van der Waals surface area contributed by atoms with E-state index < -0.39 is 0 Å². The van der Waals surface area contributed by atoms with E-state index in [0.717, 1.165) is 36.1 Å². The number of hydrogen-bond acceptors (Lipinski definition) is 2. The predicted molar refractivity (Wildman–Crippen MR) is 81.8 cm³/mol. The summed E-state index contributed by atoms with van der Waals surface area (Å²) in [4.78, 5) is 19.9. The summed E-state index contributed by atoms with van der Waals surface area (Å²) in [6, 6.07) is 8.01. The van der Waals surface area contributed by atoms with Crippen molar-refractivity contribution in [3.63, 3.8) is 0 Å². The number of nitrogens with zero attached hydrogens (tertiary/aromatic N) is 1. The second kappa shape index (κ2) is 4.86. The fourth-order valence-corrected chi connectivity index (χ4v) is 3.83. The molecule has 2 fully saturated rings. The van der Waals surface area contributed by atoms with Gasteiger partial charge in [-0.1, -0.05) is 18.6 Å². The molecule has 0 aliphatic heterocycles. The molecule has 1 aromatic heterocycles. The number of benzene rings is 1. The van der Waals surface area contributed by atoms with Gasteiger partial charge < -0.3 is 10.3 Å². The molecule has 1 heterocycles. The Hall–Kier alpha value is -1.84. The van der Waals surface area contributed by atoms with Crippen molar-refractivity contribution in [2.75, 3.05) is 6.54 Å². The van der Waals surface area contributed by atoms with Gasteiger partial charge in [0.2, 0.25) is 5.91 Å². The maximum atomic E-state index is 12.1. The van der Waals surface area contributed by atoms with E-state index in [-0.39, 0.29) is 11.8 Å². The third-order valence-electron chi connectivity index (χ3n) is 5.24. The first-order valence-electron chi connectivity index (χ1n) is 7.96. The van der Waals surface area contributed by atoms with E-state index in [4.69, 9.17) is 0 Å². The second-order valence-electron chi connectivity index (χ2n) is 6.70. The lowest BCUT2D eigenvalue weighted by atomic mass is 9.51. The minimum atomic E-state index is 0.239. The van der Waals surface area contributed by atoms with E-state index in [1.807, 2.05) is 24.3 Å². The number of carbonyl (C=O) groups excluding carboxylic acids is 1. The van der Waals surface area contributed by atoms with Crippen LogP contribution in [-0.2, 0) is 11.2 Å². The van der Waals surface area contributed by atoms with E-state index in [1.165, 1.54) is 19.3 Å². The number of para-hydroxylation sites is 2. The SMILES string of the molecule is O=C(NCCc1nc2ccccc2[nH]1)C1CC2(CCC2)C1. The highest BCUT2D eigenvalue weighted by Gasteiger charge is 2.50. The Balaban J connectivity index is 1.26. The number of H-pyrrole nitrogens is 1. The first-order valence-corrected chi connectivity index (χ1v) is 7.96. The molecule has 110 valence electrons. The number of carbonyl (C=O) groups is 1. The zero-order valence-corrected chi connectivity index (χ0v) is 12.2. The summed E-state index contributed by atoms with van der Waals surface area (Å²) in [5, 5.41) is 3.06. The first kappa shape index (κ1) is 12.9. The van der Waals surface area contributed by atoms with Gasteiger partial charge in [0.05, 0.1) is 11.0 Å². The van der Waals surface area contributed by atoms with Crippen LogP contribution in [0.5, 0.6) is 0 Å².